The number of hydrogen-bond donors (Lipinski definition) is 0. The average molecular weight is 331 g/mol. The van der Waals surface area contributed by atoms with Crippen molar-refractivity contribution in [2.45, 2.75) is 18.6 Å². The quantitative estimate of drug-likeness (QED) is 0.624. The molecular formula is C14H10ClF3N2S. The summed E-state index contributed by atoms with van der Waals surface area (Å²) in [6, 6.07) is 7.50. The van der Waals surface area contributed by atoms with Crippen molar-refractivity contribution < 1.29 is 13.2 Å². The van der Waals surface area contributed by atoms with Gasteiger partial charge in [-0.3, -0.25) is 0 Å². The Labute approximate surface area is 127 Å². The largest absolute Gasteiger partial charge is 0.416 e. The topological polar surface area (TPSA) is 17.8 Å². The van der Waals surface area contributed by atoms with Crippen LogP contribution in [0, 0.1) is 0 Å². The minimum atomic E-state index is -4.37. The fraction of sp³-hybridized carbons (Fsp3) is 0.214. The van der Waals surface area contributed by atoms with Crippen molar-refractivity contribution in [3.8, 4) is 0 Å². The lowest BCUT2D eigenvalue weighted by Crippen LogP contribution is -2.05. The third-order valence-corrected chi connectivity index (χ3v) is 4.27. The summed E-state index contributed by atoms with van der Waals surface area (Å²) in [4.78, 5) is 5.32. The summed E-state index contributed by atoms with van der Waals surface area (Å²) in [5, 5.41) is 1.95. The number of imidazole rings is 1. The molecule has 0 N–H and O–H groups in total. The predicted octanol–water partition coefficient (Wildman–Crippen LogP) is 4.90. The molecule has 0 aliphatic rings. The highest BCUT2D eigenvalue weighted by Gasteiger charge is 2.31. The molecule has 2 heterocycles. The van der Waals surface area contributed by atoms with Crippen molar-refractivity contribution in [3.05, 3.63) is 52.0 Å². The molecular weight excluding hydrogens is 321 g/mol. The van der Waals surface area contributed by atoms with Crippen LogP contribution in [0.3, 0.4) is 0 Å². The molecule has 7 heteroatoms. The molecule has 0 fully saturated rings. The Hall–Kier alpha value is -1.53. The Morgan fingerprint density at radius 2 is 2.05 bits per heavy atom. The summed E-state index contributed by atoms with van der Waals surface area (Å²) >= 11 is 7.46. The van der Waals surface area contributed by atoms with Crippen LogP contribution in [0.25, 0.3) is 11.0 Å². The summed E-state index contributed by atoms with van der Waals surface area (Å²) in [6.07, 6.45) is -4.37. The van der Waals surface area contributed by atoms with Gasteiger partial charge in [0.15, 0.2) is 0 Å². The van der Waals surface area contributed by atoms with Gasteiger partial charge in [-0.15, -0.1) is 22.9 Å². The number of hydrogen-bond acceptors (Lipinski definition) is 2. The van der Waals surface area contributed by atoms with E-state index in [9.17, 15) is 13.2 Å². The van der Waals surface area contributed by atoms with E-state index >= 15 is 0 Å². The first-order chi connectivity index (χ1) is 9.99. The molecule has 0 aliphatic carbocycles. The molecule has 110 valence electrons. The molecule has 0 amide bonds. The minimum absolute atomic E-state index is 0.154. The Kier molecular flexibility index (Phi) is 3.67. The van der Waals surface area contributed by atoms with E-state index in [1.807, 2.05) is 22.1 Å². The minimum Gasteiger partial charge on any atom is -0.322 e. The predicted molar refractivity (Wildman–Crippen MR) is 77.7 cm³/mol. The van der Waals surface area contributed by atoms with Crippen molar-refractivity contribution in [2.24, 2.45) is 0 Å². The zero-order valence-electron chi connectivity index (χ0n) is 10.7. The first kappa shape index (κ1) is 14.4. The molecule has 1 aromatic carbocycles. The van der Waals surface area contributed by atoms with Crippen LogP contribution in [0.5, 0.6) is 0 Å². The molecule has 0 saturated heterocycles. The Balaban J connectivity index is 2.10. The lowest BCUT2D eigenvalue weighted by molar-refractivity contribution is -0.137. The number of rotatable bonds is 3. The van der Waals surface area contributed by atoms with Gasteiger partial charge in [0.2, 0.25) is 0 Å². The van der Waals surface area contributed by atoms with Crippen molar-refractivity contribution in [3.63, 3.8) is 0 Å². The van der Waals surface area contributed by atoms with Crippen LogP contribution in [0.1, 0.15) is 16.3 Å². The van der Waals surface area contributed by atoms with Crippen LogP contribution in [-0.2, 0) is 18.6 Å². The third kappa shape index (κ3) is 2.78. The molecule has 0 bridgehead atoms. The van der Waals surface area contributed by atoms with E-state index in [0.717, 1.165) is 17.0 Å². The van der Waals surface area contributed by atoms with Gasteiger partial charge in [-0.25, -0.2) is 4.98 Å². The fourth-order valence-electron chi connectivity index (χ4n) is 2.19. The molecule has 0 unspecified atom stereocenters. The van der Waals surface area contributed by atoms with Gasteiger partial charge in [0, 0.05) is 4.88 Å². The Morgan fingerprint density at radius 1 is 1.24 bits per heavy atom. The zero-order valence-corrected chi connectivity index (χ0v) is 12.3. The van der Waals surface area contributed by atoms with Crippen LogP contribution in [-0.4, -0.2) is 9.55 Å². The molecule has 2 aromatic heterocycles. The number of halogens is 4. The van der Waals surface area contributed by atoms with Gasteiger partial charge < -0.3 is 4.57 Å². The van der Waals surface area contributed by atoms with Crippen LogP contribution < -0.4 is 0 Å². The first-order valence-corrected chi connectivity index (χ1v) is 7.55. The number of alkyl halides is 4. The molecule has 3 rings (SSSR count). The van der Waals surface area contributed by atoms with E-state index in [1.165, 1.54) is 6.07 Å². The molecule has 2 nitrogen and oxygen atoms in total. The highest BCUT2D eigenvalue weighted by Crippen LogP contribution is 2.32. The second-order valence-corrected chi connectivity index (χ2v) is 5.83. The van der Waals surface area contributed by atoms with Crippen LogP contribution >= 0.6 is 22.9 Å². The SMILES string of the molecule is FC(F)(F)c1ccc2c(c1)nc(CCl)n2Cc1cccs1. The van der Waals surface area contributed by atoms with Gasteiger partial charge in [-0.2, -0.15) is 13.2 Å². The third-order valence-electron chi connectivity index (χ3n) is 3.17. The summed E-state index contributed by atoms with van der Waals surface area (Å²) in [7, 11) is 0. The van der Waals surface area contributed by atoms with Gasteiger partial charge in [0.25, 0.3) is 0 Å². The van der Waals surface area contributed by atoms with E-state index < -0.39 is 11.7 Å². The van der Waals surface area contributed by atoms with Crippen molar-refractivity contribution in [1.29, 1.82) is 0 Å². The maximum absolute atomic E-state index is 12.8. The summed E-state index contributed by atoms with van der Waals surface area (Å²) in [5.74, 6) is 0.723. The second kappa shape index (κ2) is 5.35. The molecule has 0 spiro atoms. The van der Waals surface area contributed by atoms with Crippen LogP contribution in [0.2, 0.25) is 0 Å². The van der Waals surface area contributed by atoms with E-state index in [-0.39, 0.29) is 5.88 Å². The molecule has 0 aliphatic heterocycles. The molecule has 3 aromatic rings. The van der Waals surface area contributed by atoms with Crippen molar-refractivity contribution in [2.75, 3.05) is 0 Å². The number of nitrogens with zero attached hydrogens (tertiary/aromatic N) is 2. The van der Waals surface area contributed by atoms with Crippen molar-refractivity contribution >= 4 is 34.0 Å². The highest BCUT2D eigenvalue weighted by atomic mass is 35.5. The molecule has 0 radical (unpaired) electrons. The van der Waals surface area contributed by atoms with Crippen LogP contribution in [0.15, 0.2) is 35.7 Å². The average Bonchev–Trinajstić information content (AvgIpc) is 3.05. The number of thiophene rings is 1. The van der Waals surface area contributed by atoms with E-state index in [2.05, 4.69) is 4.98 Å². The van der Waals surface area contributed by atoms with Gasteiger partial charge in [-0.1, -0.05) is 6.07 Å². The number of fused-ring (bicyclic) bond motifs is 1. The smallest absolute Gasteiger partial charge is 0.322 e. The Morgan fingerprint density at radius 3 is 2.67 bits per heavy atom. The first-order valence-electron chi connectivity index (χ1n) is 6.14. The van der Waals surface area contributed by atoms with Crippen LogP contribution in [0.4, 0.5) is 13.2 Å². The fourth-order valence-corrected chi connectivity index (χ4v) is 3.09. The van der Waals surface area contributed by atoms with Gasteiger partial charge >= 0.3 is 6.18 Å². The highest BCUT2D eigenvalue weighted by molar-refractivity contribution is 7.09. The second-order valence-electron chi connectivity index (χ2n) is 4.53. The van der Waals surface area contributed by atoms with Crippen molar-refractivity contribution in [1.82, 2.24) is 9.55 Å². The van der Waals surface area contributed by atoms with Gasteiger partial charge in [0.05, 0.1) is 29.0 Å². The monoisotopic (exact) mass is 330 g/mol. The Bertz CT molecular complexity index is 762. The summed E-state index contributed by atoms with van der Waals surface area (Å²) in [5.41, 5.74) is 0.279. The number of aromatic nitrogens is 2. The van der Waals surface area contributed by atoms with E-state index in [0.29, 0.717) is 23.4 Å². The van der Waals surface area contributed by atoms with Gasteiger partial charge in [0.1, 0.15) is 5.82 Å². The standard InChI is InChI=1S/C14H10ClF3N2S/c15-7-13-19-11-6-9(14(16,17)18)3-4-12(11)20(13)8-10-2-1-5-21-10/h1-6H,7-8H2. The lowest BCUT2D eigenvalue weighted by atomic mass is 10.2. The maximum Gasteiger partial charge on any atom is 0.416 e. The zero-order chi connectivity index (χ0) is 15.0. The van der Waals surface area contributed by atoms with E-state index in [4.69, 9.17) is 11.6 Å². The summed E-state index contributed by atoms with van der Waals surface area (Å²) < 4.78 is 40.1. The number of benzene rings is 1. The maximum atomic E-state index is 12.8. The summed E-state index contributed by atoms with van der Waals surface area (Å²) in [6.45, 7) is 0.557. The normalized spacial score (nSPS) is 12.2. The molecule has 0 saturated carbocycles. The molecule has 0 atom stereocenters. The van der Waals surface area contributed by atoms with Gasteiger partial charge in [-0.05, 0) is 29.6 Å². The lowest BCUT2D eigenvalue weighted by Gasteiger charge is -2.08. The molecule has 21 heavy (non-hydrogen) atoms. The van der Waals surface area contributed by atoms with E-state index in [1.54, 1.807) is 11.3 Å².